The van der Waals surface area contributed by atoms with E-state index in [0.717, 1.165) is 0 Å². The molecule has 0 heterocycles. The number of aliphatic hydroxyl groups excluding tert-OH is 2. The predicted octanol–water partition coefficient (Wildman–Crippen LogP) is 4.96. The summed E-state index contributed by atoms with van der Waals surface area (Å²) in [5.74, 6) is -36.4. The van der Waals surface area contributed by atoms with Gasteiger partial charge in [0, 0.05) is 48.1 Å². The first-order valence-electron chi connectivity index (χ1n) is 6.92. The summed E-state index contributed by atoms with van der Waals surface area (Å²) in [6.45, 7) is -1.60. The maximum atomic E-state index is 13.4. The number of aliphatic hydroxyl groups is 2. The lowest BCUT2D eigenvalue weighted by atomic mass is 9.91. The highest BCUT2D eigenvalue weighted by Crippen LogP contribution is 2.61. The molecular formula is C12H13F12IO2. The van der Waals surface area contributed by atoms with Crippen molar-refractivity contribution in [3.8, 4) is 0 Å². The predicted molar refractivity (Wildman–Crippen MR) is 75.2 cm³/mol. The highest BCUT2D eigenvalue weighted by molar-refractivity contribution is 14.1. The van der Waals surface area contributed by atoms with Gasteiger partial charge < -0.3 is 10.2 Å². The number of halogens is 13. The topological polar surface area (TPSA) is 40.5 Å². The monoisotopic (exact) mass is 544 g/mol. The van der Waals surface area contributed by atoms with Gasteiger partial charge in [0.15, 0.2) is 0 Å². The van der Waals surface area contributed by atoms with Crippen molar-refractivity contribution >= 4 is 22.6 Å². The fraction of sp³-hybridized carbons (Fsp3) is 1.00. The molecule has 0 aromatic carbocycles. The summed E-state index contributed by atoms with van der Waals surface area (Å²) in [6, 6.07) is 0. The Hall–Kier alpha value is -0.190. The van der Waals surface area contributed by atoms with E-state index in [1.165, 1.54) is 0 Å². The second kappa shape index (κ2) is 8.28. The average molecular weight is 544 g/mol. The standard InChI is InChI=1S/C12H13F12IO2/c13-7(14,3-1-2-6(4-26)5-27)8(15,16)9(17,18)10(19,20)11(21,22)12(23,24)25/h6,26-27H,1-5H2. The van der Waals surface area contributed by atoms with Crippen LogP contribution in [0.4, 0.5) is 52.7 Å². The summed E-state index contributed by atoms with van der Waals surface area (Å²) in [5, 5.41) is 17.3. The molecule has 0 aromatic heterocycles. The Morgan fingerprint density at radius 3 is 1.33 bits per heavy atom. The zero-order valence-corrected chi connectivity index (χ0v) is 15.1. The molecule has 0 atom stereocenters. The molecule has 2 nitrogen and oxygen atoms in total. The van der Waals surface area contributed by atoms with Crippen LogP contribution in [-0.4, -0.2) is 57.0 Å². The summed E-state index contributed by atoms with van der Waals surface area (Å²) in [7, 11) is 0. The average Bonchev–Trinajstić information content (AvgIpc) is 2.49. The summed E-state index contributed by atoms with van der Waals surface area (Å²) in [5.41, 5.74) is 0. The van der Waals surface area contributed by atoms with E-state index in [9.17, 15) is 52.7 Å². The van der Waals surface area contributed by atoms with Crippen LogP contribution in [0, 0.1) is 5.92 Å². The van der Waals surface area contributed by atoms with Crippen LogP contribution in [0.5, 0.6) is 0 Å². The molecule has 0 aromatic rings. The molecule has 0 rings (SSSR count). The SMILES string of the molecule is OCC(CO)CCCC(F)(F)C(F)(F)C(F)(F)C(F)(F)C(F)(F)C(F)(F)I. The van der Waals surface area contributed by atoms with Gasteiger partial charge in [0.25, 0.3) is 0 Å². The van der Waals surface area contributed by atoms with Crippen LogP contribution in [0.15, 0.2) is 0 Å². The molecule has 27 heavy (non-hydrogen) atoms. The molecule has 0 spiro atoms. The second-order valence-corrected chi connectivity index (χ2v) is 6.98. The van der Waals surface area contributed by atoms with Crippen molar-refractivity contribution in [1.29, 1.82) is 0 Å². The molecule has 0 radical (unpaired) electrons. The van der Waals surface area contributed by atoms with Gasteiger partial charge >= 0.3 is 33.5 Å². The minimum Gasteiger partial charge on any atom is -0.396 e. The van der Waals surface area contributed by atoms with E-state index in [-0.39, 0.29) is 0 Å². The van der Waals surface area contributed by atoms with Crippen molar-refractivity contribution in [1.82, 2.24) is 0 Å². The number of hydrogen-bond acceptors (Lipinski definition) is 2. The van der Waals surface area contributed by atoms with E-state index < -0.39 is 94.5 Å². The lowest BCUT2D eigenvalue weighted by Gasteiger charge is -2.40. The van der Waals surface area contributed by atoms with Crippen molar-refractivity contribution in [2.45, 2.75) is 52.8 Å². The first kappa shape index (κ1) is 26.8. The van der Waals surface area contributed by atoms with Crippen molar-refractivity contribution in [2.24, 2.45) is 5.92 Å². The molecule has 0 fully saturated rings. The first-order chi connectivity index (χ1) is 11.7. The molecule has 0 aliphatic heterocycles. The quantitative estimate of drug-likeness (QED) is 0.220. The van der Waals surface area contributed by atoms with Crippen LogP contribution in [0.3, 0.4) is 0 Å². The van der Waals surface area contributed by atoms with Gasteiger partial charge in [-0.05, 0) is 12.8 Å². The van der Waals surface area contributed by atoms with Gasteiger partial charge in [0.1, 0.15) is 0 Å². The molecule has 0 aliphatic rings. The van der Waals surface area contributed by atoms with Crippen LogP contribution in [0.25, 0.3) is 0 Å². The molecule has 2 N–H and O–H groups in total. The number of hydrogen-bond donors (Lipinski definition) is 2. The lowest BCUT2D eigenvalue weighted by Crippen LogP contribution is -2.69. The van der Waals surface area contributed by atoms with Crippen LogP contribution in [0.1, 0.15) is 19.3 Å². The maximum absolute atomic E-state index is 13.4. The Kier molecular flexibility index (Phi) is 8.22. The Morgan fingerprint density at radius 1 is 0.630 bits per heavy atom. The summed E-state index contributed by atoms with van der Waals surface area (Å²) in [4.78, 5) is 0. The molecule has 0 saturated carbocycles. The fourth-order valence-corrected chi connectivity index (χ4v) is 2.15. The third-order valence-corrected chi connectivity index (χ3v) is 4.30. The van der Waals surface area contributed by atoms with Crippen molar-refractivity contribution in [2.75, 3.05) is 13.2 Å². The van der Waals surface area contributed by atoms with Crippen molar-refractivity contribution < 1.29 is 62.9 Å². The van der Waals surface area contributed by atoms with Crippen molar-refractivity contribution in [3.63, 3.8) is 0 Å². The smallest absolute Gasteiger partial charge is 0.387 e. The number of rotatable bonds is 11. The highest BCUT2D eigenvalue weighted by Gasteiger charge is 2.89. The molecule has 0 unspecified atom stereocenters. The van der Waals surface area contributed by atoms with Gasteiger partial charge in [0.05, 0.1) is 0 Å². The van der Waals surface area contributed by atoms with Crippen molar-refractivity contribution in [3.05, 3.63) is 0 Å². The molecule has 0 aliphatic carbocycles. The van der Waals surface area contributed by atoms with Crippen LogP contribution in [-0.2, 0) is 0 Å². The third kappa shape index (κ3) is 4.70. The molecule has 15 heteroatoms. The van der Waals surface area contributed by atoms with Gasteiger partial charge in [-0.1, -0.05) is 0 Å². The van der Waals surface area contributed by atoms with Crippen LogP contribution in [0.2, 0.25) is 0 Å². The van der Waals surface area contributed by atoms with Gasteiger partial charge in [0.2, 0.25) is 0 Å². The van der Waals surface area contributed by atoms with E-state index in [0.29, 0.717) is 0 Å². The van der Waals surface area contributed by atoms with Gasteiger partial charge in [-0.15, -0.1) is 0 Å². The van der Waals surface area contributed by atoms with Crippen LogP contribution < -0.4 is 0 Å². The Balaban J connectivity index is 5.74. The largest absolute Gasteiger partial charge is 0.396 e. The minimum absolute atomic E-state index is 0.622. The molecular weight excluding hydrogens is 531 g/mol. The van der Waals surface area contributed by atoms with Gasteiger partial charge in [-0.25, -0.2) is 0 Å². The molecule has 0 bridgehead atoms. The Morgan fingerprint density at radius 2 is 1.00 bits per heavy atom. The van der Waals surface area contributed by atoms with E-state index in [1.807, 2.05) is 0 Å². The summed E-state index contributed by atoms with van der Waals surface area (Å²) < 4.78 is 152. The van der Waals surface area contributed by atoms with E-state index >= 15 is 0 Å². The van der Waals surface area contributed by atoms with Gasteiger partial charge in [-0.2, -0.15) is 52.7 Å². The third-order valence-electron chi connectivity index (χ3n) is 3.62. The molecule has 0 saturated heterocycles. The van der Waals surface area contributed by atoms with Gasteiger partial charge in [-0.3, -0.25) is 0 Å². The molecule has 164 valence electrons. The minimum atomic E-state index is -7.55. The first-order valence-corrected chi connectivity index (χ1v) is 8.00. The Labute approximate surface area is 158 Å². The second-order valence-electron chi connectivity index (χ2n) is 5.62. The normalized spacial score (nSPS) is 15.6. The fourth-order valence-electron chi connectivity index (χ4n) is 1.81. The van der Waals surface area contributed by atoms with Crippen LogP contribution >= 0.6 is 22.6 Å². The van der Waals surface area contributed by atoms with E-state index in [1.54, 1.807) is 0 Å². The summed E-state index contributed by atoms with van der Waals surface area (Å²) in [6.07, 6.45) is -3.95. The lowest BCUT2D eigenvalue weighted by molar-refractivity contribution is -0.414. The van der Waals surface area contributed by atoms with E-state index in [2.05, 4.69) is 0 Å². The molecule has 0 amide bonds. The zero-order valence-electron chi connectivity index (χ0n) is 12.9. The van der Waals surface area contributed by atoms with E-state index in [4.69, 9.17) is 10.2 Å². The highest BCUT2D eigenvalue weighted by atomic mass is 127. The zero-order chi connectivity index (χ0) is 22.1. The maximum Gasteiger partial charge on any atom is 0.387 e. The summed E-state index contributed by atoms with van der Waals surface area (Å²) >= 11 is -0.704. The number of alkyl halides is 13. The Bertz CT molecular complexity index is 487.